The second kappa shape index (κ2) is 7.94. The Balaban J connectivity index is 1.83. The third kappa shape index (κ3) is 3.73. The van der Waals surface area contributed by atoms with Crippen molar-refractivity contribution < 1.29 is 9.59 Å². The number of amides is 1. The summed E-state index contributed by atoms with van der Waals surface area (Å²) in [5.41, 5.74) is 3.38. The summed E-state index contributed by atoms with van der Waals surface area (Å²) in [6.07, 6.45) is 1.27. The fraction of sp³-hybridized carbons (Fsp3) is 0.304. The predicted molar refractivity (Wildman–Crippen MR) is 115 cm³/mol. The van der Waals surface area contributed by atoms with Crippen molar-refractivity contribution in [2.45, 2.75) is 31.1 Å². The summed E-state index contributed by atoms with van der Waals surface area (Å²) in [6.45, 7) is 0. The van der Waals surface area contributed by atoms with Crippen molar-refractivity contribution >= 4 is 34.9 Å². The molecular formula is C23H22Cl2N2O2. The summed E-state index contributed by atoms with van der Waals surface area (Å²) >= 11 is 12.5. The lowest BCUT2D eigenvalue weighted by molar-refractivity contribution is -0.143. The van der Waals surface area contributed by atoms with Crippen molar-refractivity contribution in [1.82, 2.24) is 10.0 Å². The van der Waals surface area contributed by atoms with E-state index in [1.54, 1.807) is 22.2 Å². The van der Waals surface area contributed by atoms with E-state index in [1.807, 2.05) is 50.5 Å². The molecule has 0 radical (unpaired) electrons. The minimum Gasteiger partial charge on any atom is -0.294 e. The molecule has 0 aromatic heterocycles. The first-order valence-corrected chi connectivity index (χ1v) is 10.4. The Morgan fingerprint density at radius 3 is 2.34 bits per heavy atom. The predicted octanol–water partition coefficient (Wildman–Crippen LogP) is 5.19. The van der Waals surface area contributed by atoms with E-state index >= 15 is 0 Å². The van der Waals surface area contributed by atoms with E-state index in [9.17, 15) is 9.59 Å². The Morgan fingerprint density at radius 2 is 1.69 bits per heavy atom. The van der Waals surface area contributed by atoms with Gasteiger partial charge in [0.25, 0.3) is 0 Å². The highest BCUT2D eigenvalue weighted by molar-refractivity contribution is 6.35. The van der Waals surface area contributed by atoms with Gasteiger partial charge in [-0.15, -0.1) is 0 Å². The van der Waals surface area contributed by atoms with E-state index in [4.69, 9.17) is 23.2 Å². The van der Waals surface area contributed by atoms with E-state index in [1.165, 1.54) is 0 Å². The zero-order chi connectivity index (χ0) is 20.7. The molecule has 1 amide bonds. The van der Waals surface area contributed by atoms with Gasteiger partial charge in [-0.3, -0.25) is 9.59 Å². The molecule has 2 aromatic rings. The van der Waals surface area contributed by atoms with Crippen LogP contribution in [0.2, 0.25) is 10.0 Å². The molecule has 0 fully saturated rings. The summed E-state index contributed by atoms with van der Waals surface area (Å²) in [4.78, 5) is 26.4. The second-order valence-corrected chi connectivity index (χ2v) is 8.62. The number of carbonyl (C=O) groups is 2. The molecule has 2 aliphatic rings. The smallest absolute Gasteiger partial charge is 0.242 e. The van der Waals surface area contributed by atoms with Gasteiger partial charge in [0.05, 0.1) is 0 Å². The van der Waals surface area contributed by atoms with Crippen LogP contribution in [-0.4, -0.2) is 35.8 Å². The van der Waals surface area contributed by atoms with Crippen LogP contribution in [0.5, 0.6) is 0 Å². The van der Waals surface area contributed by atoms with E-state index in [2.05, 4.69) is 0 Å². The topological polar surface area (TPSA) is 40.6 Å². The molecule has 4 rings (SSSR count). The molecule has 0 saturated heterocycles. The molecule has 4 nitrogen and oxygen atoms in total. The van der Waals surface area contributed by atoms with Crippen molar-refractivity contribution in [3.63, 3.8) is 0 Å². The van der Waals surface area contributed by atoms with Crippen LogP contribution in [0.3, 0.4) is 0 Å². The number of ketones is 1. The first-order valence-electron chi connectivity index (χ1n) is 9.63. The lowest BCUT2D eigenvalue weighted by Crippen LogP contribution is -2.48. The van der Waals surface area contributed by atoms with Crippen LogP contribution in [0.4, 0.5) is 0 Å². The molecule has 0 N–H and O–H groups in total. The van der Waals surface area contributed by atoms with Crippen LogP contribution in [-0.2, 0) is 9.59 Å². The van der Waals surface area contributed by atoms with Crippen LogP contribution in [0.1, 0.15) is 42.2 Å². The first-order chi connectivity index (χ1) is 13.9. The average Bonchev–Trinajstić information content (AvgIpc) is 2.67. The zero-order valence-corrected chi connectivity index (χ0v) is 17.9. The van der Waals surface area contributed by atoms with Crippen LogP contribution in [0.25, 0.3) is 0 Å². The average molecular weight is 429 g/mol. The highest BCUT2D eigenvalue weighted by Crippen LogP contribution is 2.47. The Kier molecular flexibility index (Phi) is 5.52. The summed E-state index contributed by atoms with van der Waals surface area (Å²) in [5, 5.41) is 4.43. The molecule has 2 aromatic carbocycles. The number of hydrazine groups is 1. The van der Waals surface area contributed by atoms with Gasteiger partial charge in [0.1, 0.15) is 0 Å². The molecule has 0 saturated carbocycles. The molecule has 1 aliphatic heterocycles. The molecule has 2 atom stereocenters. The first kappa shape index (κ1) is 20.1. The normalized spacial score (nSPS) is 22.3. The molecule has 6 heteroatoms. The van der Waals surface area contributed by atoms with Gasteiger partial charge in [-0.05, 0) is 35.6 Å². The maximum absolute atomic E-state index is 13.4. The number of benzene rings is 2. The lowest BCUT2D eigenvalue weighted by atomic mass is 9.73. The summed E-state index contributed by atoms with van der Waals surface area (Å²) in [5.74, 6) is -0.249. The fourth-order valence-electron chi connectivity index (χ4n) is 4.49. The van der Waals surface area contributed by atoms with E-state index in [-0.39, 0.29) is 29.9 Å². The van der Waals surface area contributed by atoms with Crippen LogP contribution in [0.15, 0.2) is 59.8 Å². The summed E-state index contributed by atoms with van der Waals surface area (Å²) in [6, 6.07) is 15.3. The second-order valence-electron chi connectivity index (χ2n) is 7.77. The SMILES string of the molecule is CN(C)N1C(=O)C[C@@H](c2ccc(Cl)cc2Cl)C2=C1C[C@@H](c1ccccc1)CC2=O. The van der Waals surface area contributed by atoms with Gasteiger partial charge in [-0.25, -0.2) is 10.0 Å². The van der Waals surface area contributed by atoms with Crippen molar-refractivity contribution in [3.05, 3.63) is 81.0 Å². The van der Waals surface area contributed by atoms with Crippen LogP contribution >= 0.6 is 23.2 Å². The Bertz CT molecular complexity index is 1000. The molecule has 150 valence electrons. The molecule has 0 bridgehead atoms. The maximum atomic E-state index is 13.4. The van der Waals surface area contributed by atoms with Gasteiger partial charge in [0.2, 0.25) is 5.91 Å². The fourth-order valence-corrected chi connectivity index (χ4v) is 5.04. The molecule has 1 aliphatic carbocycles. The lowest BCUT2D eigenvalue weighted by Gasteiger charge is -2.42. The third-order valence-electron chi connectivity index (χ3n) is 5.71. The number of allylic oxidation sites excluding steroid dienone is 2. The number of nitrogens with zero attached hydrogens (tertiary/aromatic N) is 2. The minimum absolute atomic E-state index is 0.0359. The van der Waals surface area contributed by atoms with E-state index in [0.29, 0.717) is 28.5 Å². The Labute approximate surface area is 180 Å². The number of hydrogen-bond donors (Lipinski definition) is 0. The zero-order valence-electron chi connectivity index (χ0n) is 16.4. The van der Waals surface area contributed by atoms with Crippen molar-refractivity contribution in [2.24, 2.45) is 0 Å². The van der Waals surface area contributed by atoms with Gasteiger partial charge in [0, 0.05) is 54.2 Å². The number of halogens is 2. The van der Waals surface area contributed by atoms with Crippen LogP contribution < -0.4 is 0 Å². The van der Waals surface area contributed by atoms with E-state index < -0.39 is 0 Å². The van der Waals surface area contributed by atoms with Crippen LogP contribution in [0, 0.1) is 0 Å². The highest BCUT2D eigenvalue weighted by atomic mass is 35.5. The third-order valence-corrected chi connectivity index (χ3v) is 6.27. The van der Waals surface area contributed by atoms with Gasteiger partial charge in [-0.1, -0.05) is 59.6 Å². The molecule has 0 unspecified atom stereocenters. The van der Waals surface area contributed by atoms with Crippen molar-refractivity contribution in [3.8, 4) is 0 Å². The Hall–Kier alpha value is -2.14. The van der Waals surface area contributed by atoms with Crippen molar-refractivity contribution in [1.29, 1.82) is 0 Å². The monoisotopic (exact) mass is 428 g/mol. The van der Waals surface area contributed by atoms with Gasteiger partial charge in [-0.2, -0.15) is 0 Å². The molecular weight excluding hydrogens is 407 g/mol. The van der Waals surface area contributed by atoms with E-state index in [0.717, 1.165) is 16.8 Å². The quantitative estimate of drug-likeness (QED) is 0.675. The molecule has 0 spiro atoms. The number of hydrogen-bond acceptors (Lipinski definition) is 3. The molecule has 1 heterocycles. The summed E-state index contributed by atoms with van der Waals surface area (Å²) < 4.78 is 0. The number of rotatable bonds is 3. The minimum atomic E-state index is -0.345. The van der Waals surface area contributed by atoms with Crippen molar-refractivity contribution in [2.75, 3.05) is 14.1 Å². The highest BCUT2D eigenvalue weighted by Gasteiger charge is 2.43. The van der Waals surface area contributed by atoms with Gasteiger partial charge < -0.3 is 0 Å². The Morgan fingerprint density at radius 1 is 0.966 bits per heavy atom. The largest absolute Gasteiger partial charge is 0.294 e. The van der Waals surface area contributed by atoms with Gasteiger partial charge >= 0.3 is 0 Å². The number of carbonyl (C=O) groups excluding carboxylic acids is 2. The maximum Gasteiger partial charge on any atom is 0.242 e. The standard InChI is InChI=1S/C23H22Cl2N2O2/c1-26(2)27-20-10-15(14-6-4-3-5-7-14)11-21(28)23(20)18(13-22(27)29)17-9-8-16(24)12-19(17)25/h3-9,12,15,18H,10-11,13H2,1-2H3/t15-,18+/m1/s1. The molecule has 29 heavy (non-hydrogen) atoms. The van der Waals surface area contributed by atoms with Gasteiger partial charge in [0.15, 0.2) is 5.78 Å². The summed E-state index contributed by atoms with van der Waals surface area (Å²) in [7, 11) is 3.66. The number of Topliss-reactive ketones (excluding diaryl/α,β-unsaturated/α-hetero) is 1.